The van der Waals surface area contributed by atoms with Crippen LogP contribution in [0.25, 0.3) is 0 Å². The topological polar surface area (TPSA) is 41.9 Å². The highest BCUT2D eigenvalue weighted by Crippen LogP contribution is 2.38. The molecule has 0 saturated heterocycles. The fourth-order valence-electron chi connectivity index (χ4n) is 2.83. The molecule has 1 heterocycles. The zero-order valence-corrected chi connectivity index (χ0v) is 12.3. The largest absolute Gasteiger partial charge is 0.502 e. The Labute approximate surface area is 124 Å². The Morgan fingerprint density at radius 2 is 1.76 bits per heavy atom. The molecule has 4 heteroatoms. The van der Waals surface area contributed by atoms with Crippen LogP contribution in [0.5, 0.6) is 17.2 Å². The highest BCUT2D eigenvalue weighted by Gasteiger charge is 2.19. The number of para-hydroxylation sites is 1. The van der Waals surface area contributed by atoms with Gasteiger partial charge in [-0.15, -0.1) is 0 Å². The monoisotopic (exact) mass is 285 g/mol. The molecule has 2 aromatic carbocycles. The van der Waals surface area contributed by atoms with Crippen molar-refractivity contribution in [3.05, 3.63) is 47.5 Å². The van der Waals surface area contributed by atoms with Crippen LogP contribution in [0.15, 0.2) is 36.4 Å². The van der Waals surface area contributed by atoms with Gasteiger partial charge in [0.25, 0.3) is 0 Å². The lowest BCUT2D eigenvalue weighted by atomic mass is 10.1. The molecule has 21 heavy (non-hydrogen) atoms. The lowest BCUT2D eigenvalue weighted by Crippen LogP contribution is -2.19. The van der Waals surface area contributed by atoms with Crippen LogP contribution in [0.3, 0.4) is 0 Å². The zero-order valence-electron chi connectivity index (χ0n) is 12.3. The summed E-state index contributed by atoms with van der Waals surface area (Å²) < 4.78 is 10.4. The molecule has 110 valence electrons. The molecular weight excluding hydrogens is 266 g/mol. The van der Waals surface area contributed by atoms with Crippen molar-refractivity contribution in [3.8, 4) is 17.2 Å². The number of hydrogen-bond acceptors (Lipinski definition) is 4. The fourth-order valence-corrected chi connectivity index (χ4v) is 2.83. The Morgan fingerprint density at radius 3 is 2.43 bits per heavy atom. The van der Waals surface area contributed by atoms with Gasteiger partial charge in [-0.2, -0.15) is 0 Å². The van der Waals surface area contributed by atoms with E-state index >= 15 is 0 Å². The van der Waals surface area contributed by atoms with Gasteiger partial charge in [0.2, 0.25) is 5.75 Å². The van der Waals surface area contributed by atoms with Gasteiger partial charge in [0.05, 0.1) is 14.2 Å². The predicted octanol–water partition coefficient (Wildman–Crippen LogP) is 2.97. The highest BCUT2D eigenvalue weighted by atomic mass is 16.5. The van der Waals surface area contributed by atoms with Crippen molar-refractivity contribution in [3.63, 3.8) is 0 Å². The number of methoxy groups -OCH3 is 2. The third-order valence-corrected chi connectivity index (χ3v) is 3.90. The summed E-state index contributed by atoms with van der Waals surface area (Å²) in [5, 5.41) is 9.97. The van der Waals surface area contributed by atoms with Gasteiger partial charge in [-0.05, 0) is 35.7 Å². The molecule has 0 atom stereocenters. The van der Waals surface area contributed by atoms with Crippen LogP contribution >= 0.6 is 0 Å². The maximum Gasteiger partial charge on any atom is 0.200 e. The number of rotatable bonds is 4. The van der Waals surface area contributed by atoms with Crippen molar-refractivity contribution in [2.75, 3.05) is 25.7 Å². The molecule has 0 radical (unpaired) electrons. The summed E-state index contributed by atoms with van der Waals surface area (Å²) in [7, 11) is 3.09. The summed E-state index contributed by atoms with van der Waals surface area (Å²) in [6, 6.07) is 12.2. The lowest BCUT2D eigenvalue weighted by Gasteiger charge is -2.20. The Kier molecular flexibility index (Phi) is 3.60. The molecule has 0 aromatic heterocycles. The molecule has 0 fully saturated rings. The van der Waals surface area contributed by atoms with Crippen molar-refractivity contribution in [1.82, 2.24) is 0 Å². The SMILES string of the molecule is COc1cc(CN2CCc3ccccc32)cc(OC)c1O. The number of fused-ring (bicyclic) bond motifs is 1. The Morgan fingerprint density at radius 1 is 1.10 bits per heavy atom. The minimum atomic E-state index is 0.0468. The van der Waals surface area contributed by atoms with Crippen molar-refractivity contribution in [1.29, 1.82) is 0 Å². The average molecular weight is 285 g/mol. The van der Waals surface area contributed by atoms with Crippen LogP contribution in [0, 0.1) is 0 Å². The first-order valence-electron chi connectivity index (χ1n) is 6.99. The van der Waals surface area contributed by atoms with E-state index in [1.165, 1.54) is 11.3 Å². The van der Waals surface area contributed by atoms with E-state index in [2.05, 4.69) is 29.2 Å². The number of ether oxygens (including phenoxy) is 2. The Bertz CT molecular complexity index is 629. The standard InChI is InChI=1S/C17H19NO3/c1-20-15-9-12(10-16(21-2)17(15)19)11-18-8-7-13-5-3-4-6-14(13)18/h3-6,9-10,19H,7-8,11H2,1-2H3. The number of hydrogen-bond donors (Lipinski definition) is 1. The minimum Gasteiger partial charge on any atom is -0.502 e. The van der Waals surface area contributed by atoms with Crippen LogP contribution in [-0.2, 0) is 13.0 Å². The molecule has 0 saturated carbocycles. The van der Waals surface area contributed by atoms with Gasteiger partial charge >= 0.3 is 0 Å². The van der Waals surface area contributed by atoms with Crippen LogP contribution in [0.2, 0.25) is 0 Å². The second-order valence-corrected chi connectivity index (χ2v) is 5.15. The molecule has 0 amide bonds. The summed E-state index contributed by atoms with van der Waals surface area (Å²) in [5.41, 5.74) is 3.72. The van der Waals surface area contributed by atoms with Crippen LogP contribution in [0.4, 0.5) is 5.69 Å². The van der Waals surface area contributed by atoms with Gasteiger partial charge in [-0.3, -0.25) is 0 Å². The fraction of sp³-hybridized carbons (Fsp3) is 0.294. The number of aromatic hydroxyl groups is 1. The summed E-state index contributed by atoms with van der Waals surface area (Å²) in [4.78, 5) is 2.33. The average Bonchev–Trinajstić information content (AvgIpc) is 2.92. The van der Waals surface area contributed by atoms with E-state index in [0.29, 0.717) is 11.5 Å². The van der Waals surface area contributed by atoms with E-state index in [-0.39, 0.29) is 5.75 Å². The van der Waals surface area contributed by atoms with Gasteiger partial charge < -0.3 is 19.5 Å². The van der Waals surface area contributed by atoms with E-state index in [1.807, 2.05) is 12.1 Å². The molecule has 0 aliphatic carbocycles. The normalized spacial score (nSPS) is 13.1. The molecule has 1 aliphatic rings. The predicted molar refractivity (Wildman–Crippen MR) is 82.4 cm³/mol. The van der Waals surface area contributed by atoms with E-state index in [9.17, 15) is 5.11 Å². The number of phenolic OH excluding ortho intramolecular Hbond substituents is 1. The Hall–Kier alpha value is -2.36. The van der Waals surface area contributed by atoms with Crippen LogP contribution in [0.1, 0.15) is 11.1 Å². The van der Waals surface area contributed by atoms with Crippen molar-refractivity contribution in [2.45, 2.75) is 13.0 Å². The van der Waals surface area contributed by atoms with Gasteiger partial charge in [0.15, 0.2) is 11.5 Å². The molecule has 2 aromatic rings. The molecule has 0 spiro atoms. The summed E-state index contributed by atoms with van der Waals surface area (Å²) in [5.74, 6) is 0.930. The number of phenols is 1. The summed E-state index contributed by atoms with van der Waals surface area (Å²) >= 11 is 0. The first-order chi connectivity index (χ1) is 10.2. The molecule has 3 rings (SSSR count). The first-order valence-corrected chi connectivity index (χ1v) is 6.99. The number of anilines is 1. The highest BCUT2D eigenvalue weighted by molar-refractivity contribution is 5.59. The Balaban J connectivity index is 1.89. The molecule has 0 bridgehead atoms. The lowest BCUT2D eigenvalue weighted by molar-refractivity contribution is 0.339. The molecule has 4 nitrogen and oxygen atoms in total. The molecule has 0 unspecified atom stereocenters. The van der Waals surface area contributed by atoms with Crippen molar-refractivity contribution < 1.29 is 14.6 Å². The van der Waals surface area contributed by atoms with E-state index in [4.69, 9.17) is 9.47 Å². The van der Waals surface area contributed by atoms with Crippen LogP contribution < -0.4 is 14.4 Å². The quantitative estimate of drug-likeness (QED) is 0.937. The maximum atomic E-state index is 9.97. The first kappa shape index (κ1) is 13.6. The van der Waals surface area contributed by atoms with Gasteiger partial charge in [-0.1, -0.05) is 18.2 Å². The number of benzene rings is 2. The third-order valence-electron chi connectivity index (χ3n) is 3.90. The van der Waals surface area contributed by atoms with Crippen molar-refractivity contribution >= 4 is 5.69 Å². The maximum absolute atomic E-state index is 9.97. The van der Waals surface area contributed by atoms with Crippen molar-refractivity contribution in [2.24, 2.45) is 0 Å². The second-order valence-electron chi connectivity index (χ2n) is 5.15. The summed E-state index contributed by atoms with van der Waals surface area (Å²) in [6.45, 7) is 1.77. The van der Waals surface area contributed by atoms with Gasteiger partial charge in [0.1, 0.15) is 0 Å². The van der Waals surface area contributed by atoms with E-state index in [0.717, 1.165) is 25.1 Å². The third kappa shape index (κ3) is 2.49. The molecule has 1 N–H and O–H groups in total. The van der Waals surface area contributed by atoms with Crippen LogP contribution in [-0.4, -0.2) is 25.9 Å². The van der Waals surface area contributed by atoms with Gasteiger partial charge in [0, 0.05) is 18.8 Å². The van der Waals surface area contributed by atoms with Gasteiger partial charge in [-0.25, -0.2) is 0 Å². The summed E-state index contributed by atoms with van der Waals surface area (Å²) in [6.07, 6.45) is 1.07. The second kappa shape index (κ2) is 5.56. The molecular formula is C17H19NO3. The smallest absolute Gasteiger partial charge is 0.200 e. The van der Waals surface area contributed by atoms with E-state index in [1.54, 1.807) is 14.2 Å². The number of nitrogens with zero attached hydrogens (tertiary/aromatic N) is 1. The minimum absolute atomic E-state index is 0.0468. The zero-order chi connectivity index (χ0) is 14.8. The van der Waals surface area contributed by atoms with E-state index < -0.39 is 0 Å². The molecule has 1 aliphatic heterocycles.